The van der Waals surface area contributed by atoms with Crippen LogP contribution in [0.15, 0.2) is 11.6 Å². The van der Waals surface area contributed by atoms with Gasteiger partial charge < -0.3 is 4.74 Å². The molecule has 22 heavy (non-hydrogen) atoms. The minimum Gasteiger partial charge on any atom is -0.381 e. The Morgan fingerprint density at radius 3 is 1.77 bits per heavy atom. The molecule has 0 radical (unpaired) electrons. The van der Waals surface area contributed by atoms with Crippen molar-refractivity contribution in [3.05, 3.63) is 11.6 Å². The summed E-state index contributed by atoms with van der Waals surface area (Å²) in [7, 11) is 0. The number of hydrogen-bond acceptors (Lipinski definition) is 1. The maximum absolute atomic E-state index is 5.76. The van der Waals surface area contributed by atoms with E-state index in [1.165, 1.54) is 103 Å². The highest BCUT2D eigenvalue weighted by Crippen LogP contribution is 2.26. The van der Waals surface area contributed by atoms with Gasteiger partial charge >= 0.3 is 0 Å². The number of hydrogen-bond donors (Lipinski definition) is 0. The Morgan fingerprint density at radius 2 is 1.09 bits per heavy atom. The SMILES string of the molecule is C1=C2/CCCCCCCCC/1CCCCCOCCCCC2. The molecular formula is C21H38O. The molecule has 2 aliphatic rings. The van der Waals surface area contributed by atoms with E-state index in [2.05, 4.69) is 6.08 Å². The Balaban J connectivity index is 1.93. The zero-order valence-corrected chi connectivity index (χ0v) is 14.8. The summed E-state index contributed by atoms with van der Waals surface area (Å²) >= 11 is 0. The summed E-state index contributed by atoms with van der Waals surface area (Å²) in [4.78, 5) is 0. The largest absolute Gasteiger partial charge is 0.381 e. The molecule has 1 nitrogen and oxygen atoms in total. The number of fused-ring (bicyclic) bond motifs is 1. The molecule has 0 amide bonds. The summed E-state index contributed by atoms with van der Waals surface area (Å²) in [5, 5.41) is 0. The first-order valence-corrected chi connectivity index (χ1v) is 10.2. The van der Waals surface area contributed by atoms with Crippen molar-refractivity contribution in [3.8, 4) is 0 Å². The van der Waals surface area contributed by atoms with Crippen LogP contribution in [0, 0.1) is 5.92 Å². The summed E-state index contributed by atoms with van der Waals surface area (Å²) in [6, 6.07) is 0. The van der Waals surface area contributed by atoms with E-state index >= 15 is 0 Å². The van der Waals surface area contributed by atoms with Crippen LogP contribution in [0.1, 0.15) is 103 Å². The van der Waals surface area contributed by atoms with Gasteiger partial charge in [0.05, 0.1) is 0 Å². The van der Waals surface area contributed by atoms with Crippen LogP contribution in [0.2, 0.25) is 0 Å². The topological polar surface area (TPSA) is 9.23 Å². The van der Waals surface area contributed by atoms with E-state index < -0.39 is 0 Å². The van der Waals surface area contributed by atoms with E-state index in [1.807, 2.05) is 0 Å². The van der Waals surface area contributed by atoms with Gasteiger partial charge in [0.2, 0.25) is 0 Å². The van der Waals surface area contributed by atoms with E-state index in [9.17, 15) is 0 Å². The third-order valence-corrected chi connectivity index (χ3v) is 5.44. The molecule has 1 heteroatoms. The average Bonchev–Trinajstić information content (AvgIpc) is 2.57. The van der Waals surface area contributed by atoms with Gasteiger partial charge in [0.15, 0.2) is 0 Å². The maximum Gasteiger partial charge on any atom is 0.0466 e. The minimum absolute atomic E-state index is 0.872. The predicted octanol–water partition coefficient (Wildman–Crippen LogP) is 6.81. The van der Waals surface area contributed by atoms with Crippen LogP contribution in [0.5, 0.6) is 0 Å². The van der Waals surface area contributed by atoms with Crippen molar-refractivity contribution in [1.82, 2.24) is 0 Å². The molecule has 0 aromatic carbocycles. The smallest absolute Gasteiger partial charge is 0.0466 e. The zero-order chi connectivity index (χ0) is 15.3. The highest BCUT2D eigenvalue weighted by Gasteiger charge is 2.10. The molecule has 0 fully saturated rings. The lowest BCUT2D eigenvalue weighted by molar-refractivity contribution is 0.125. The zero-order valence-electron chi connectivity index (χ0n) is 14.8. The third kappa shape index (κ3) is 8.36. The lowest BCUT2D eigenvalue weighted by Crippen LogP contribution is -2.02. The van der Waals surface area contributed by atoms with E-state index in [4.69, 9.17) is 4.74 Å². The lowest BCUT2D eigenvalue weighted by atomic mass is 9.90. The molecule has 0 saturated carbocycles. The van der Waals surface area contributed by atoms with Gasteiger partial charge in [-0.1, -0.05) is 63.0 Å². The maximum atomic E-state index is 5.76. The Morgan fingerprint density at radius 1 is 0.591 bits per heavy atom. The summed E-state index contributed by atoms with van der Waals surface area (Å²) in [6.45, 7) is 1.98. The molecule has 1 unspecified atom stereocenters. The molecule has 1 heterocycles. The average molecular weight is 307 g/mol. The van der Waals surface area contributed by atoms with E-state index in [1.54, 1.807) is 5.57 Å². The molecule has 0 spiro atoms. The van der Waals surface area contributed by atoms with Crippen LogP contribution in [-0.2, 0) is 4.74 Å². The molecule has 1 aliphatic carbocycles. The molecule has 2 bridgehead atoms. The number of rotatable bonds is 0. The second-order valence-electron chi connectivity index (χ2n) is 7.52. The van der Waals surface area contributed by atoms with Gasteiger partial charge in [-0.2, -0.15) is 0 Å². The fourth-order valence-electron chi connectivity index (χ4n) is 4.02. The second-order valence-corrected chi connectivity index (χ2v) is 7.52. The van der Waals surface area contributed by atoms with Crippen molar-refractivity contribution < 1.29 is 4.74 Å². The predicted molar refractivity (Wildman–Crippen MR) is 96.3 cm³/mol. The van der Waals surface area contributed by atoms with Crippen molar-refractivity contribution in [3.63, 3.8) is 0 Å². The summed E-state index contributed by atoms with van der Waals surface area (Å²) < 4.78 is 5.76. The first-order chi connectivity index (χ1) is 10.9. The third-order valence-electron chi connectivity index (χ3n) is 5.44. The van der Waals surface area contributed by atoms with Crippen LogP contribution < -0.4 is 0 Å². The quantitative estimate of drug-likeness (QED) is 0.446. The highest BCUT2D eigenvalue weighted by atomic mass is 16.5. The van der Waals surface area contributed by atoms with Crippen LogP contribution >= 0.6 is 0 Å². The van der Waals surface area contributed by atoms with Gasteiger partial charge in [-0.25, -0.2) is 0 Å². The van der Waals surface area contributed by atoms with Crippen molar-refractivity contribution in [1.29, 1.82) is 0 Å². The van der Waals surface area contributed by atoms with Gasteiger partial charge in [-0.05, 0) is 57.3 Å². The Labute approximate surface area is 138 Å². The molecule has 1 atom stereocenters. The standard InChI is InChI=1S/C21H38O/c1-2-4-8-14-21-16-10-6-12-18-22-17-11-5-9-15-20(19-21)13-7-3-1/h19-20H,1-18H2/b21-19-. The minimum atomic E-state index is 0.872. The number of ether oxygens (including phenoxy) is 1. The van der Waals surface area contributed by atoms with Gasteiger partial charge in [-0.15, -0.1) is 0 Å². The molecule has 0 aromatic rings. The van der Waals surface area contributed by atoms with Gasteiger partial charge in [0.25, 0.3) is 0 Å². The first kappa shape index (κ1) is 18.0. The normalized spacial score (nSPS) is 30.4. The Kier molecular flexibility index (Phi) is 9.98. The van der Waals surface area contributed by atoms with Crippen LogP contribution in [0.4, 0.5) is 0 Å². The van der Waals surface area contributed by atoms with Gasteiger partial charge in [0, 0.05) is 13.2 Å². The lowest BCUT2D eigenvalue weighted by Gasteiger charge is -2.16. The fourth-order valence-corrected chi connectivity index (χ4v) is 4.02. The van der Waals surface area contributed by atoms with E-state index in [-0.39, 0.29) is 0 Å². The Hall–Kier alpha value is -0.300. The molecule has 128 valence electrons. The summed E-state index contributed by atoms with van der Waals surface area (Å²) in [6.07, 6.45) is 25.1. The van der Waals surface area contributed by atoms with Crippen LogP contribution in [-0.4, -0.2) is 13.2 Å². The van der Waals surface area contributed by atoms with E-state index in [0.29, 0.717) is 0 Å². The van der Waals surface area contributed by atoms with Gasteiger partial charge in [-0.3, -0.25) is 0 Å². The van der Waals surface area contributed by atoms with E-state index in [0.717, 1.165) is 19.1 Å². The Bertz CT molecular complexity index is 294. The van der Waals surface area contributed by atoms with Crippen molar-refractivity contribution in [2.24, 2.45) is 5.92 Å². The van der Waals surface area contributed by atoms with Gasteiger partial charge in [0.1, 0.15) is 0 Å². The first-order valence-electron chi connectivity index (χ1n) is 10.2. The second kappa shape index (κ2) is 12.2. The number of allylic oxidation sites excluding steroid dienone is 2. The molecule has 0 saturated heterocycles. The molecule has 2 rings (SSSR count). The van der Waals surface area contributed by atoms with Crippen molar-refractivity contribution in [2.75, 3.05) is 13.2 Å². The van der Waals surface area contributed by atoms with Crippen molar-refractivity contribution >= 4 is 0 Å². The highest BCUT2D eigenvalue weighted by molar-refractivity contribution is 5.05. The van der Waals surface area contributed by atoms with Crippen LogP contribution in [0.3, 0.4) is 0 Å². The van der Waals surface area contributed by atoms with Crippen LogP contribution in [0.25, 0.3) is 0 Å². The molecule has 0 aromatic heterocycles. The monoisotopic (exact) mass is 306 g/mol. The fraction of sp³-hybridized carbons (Fsp3) is 0.905. The van der Waals surface area contributed by atoms with Crippen molar-refractivity contribution in [2.45, 2.75) is 103 Å². The molecular weight excluding hydrogens is 268 g/mol. The summed E-state index contributed by atoms with van der Waals surface area (Å²) in [5.41, 5.74) is 1.80. The summed E-state index contributed by atoms with van der Waals surface area (Å²) in [5.74, 6) is 0.872. The molecule has 1 aliphatic heterocycles. The molecule has 0 N–H and O–H groups in total.